The second-order valence-corrected chi connectivity index (χ2v) is 4.62. The molecule has 17 heavy (non-hydrogen) atoms. The molecule has 0 saturated carbocycles. The van der Waals surface area contributed by atoms with Crippen LogP contribution in [-0.2, 0) is 6.54 Å². The van der Waals surface area contributed by atoms with E-state index in [0.29, 0.717) is 5.92 Å². The maximum absolute atomic E-state index is 4.30. The van der Waals surface area contributed by atoms with Gasteiger partial charge >= 0.3 is 0 Å². The molecular weight excluding hydrogens is 210 g/mol. The molecule has 0 aromatic carbocycles. The van der Waals surface area contributed by atoms with Crippen molar-refractivity contribution in [3.63, 3.8) is 0 Å². The normalized spacial score (nSPS) is 12.4. The van der Waals surface area contributed by atoms with E-state index in [-0.39, 0.29) is 0 Å². The van der Waals surface area contributed by atoms with E-state index in [1.807, 2.05) is 10.9 Å². The van der Waals surface area contributed by atoms with Crippen LogP contribution in [0.5, 0.6) is 0 Å². The highest BCUT2D eigenvalue weighted by Gasteiger charge is 2.05. The van der Waals surface area contributed by atoms with Gasteiger partial charge in [-0.05, 0) is 37.9 Å². The van der Waals surface area contributed by atoms with Crippen LogP contribution < -0.4 is 5.32 Å². The quantitative estimate of drug-likeness (QED) is 0.736. The summed E-state index contributed by atoms with van der Waals surface area (Å²) in [6.45, 7) is 11.8. The van der Waals surface area contributed by atoms with E-state index in [9.17, 15) is 0 Å². The van der Waals surface area contributed by atoms with Crippen molar-refractivity contribution in [3.8, 4) is 0 Å². The minimum absolute atomic E-state index is 0.569. The summed E-state index contributed by atoms with van der Waals surface area (Å²) in [7, 11) is 0. The monoisotopic (exact) mass is 235 g/mol. The van der Waals surface area contributed by atoms with Crippen LogP contribution >= 0.6 is 0 Å². The van der Waals surface area contributed by atoms with Gasteiger partial charge in [0.05, 0.1) is 5.69 Å². The molecule has 0 bridgehead atoms. The van der Waals surface area contributed by atoms with Gasteiger partial charge in [0.25, 0.3) is 0 Å². The molecule has 1 heterocycles. The second-order valence-electron chi connectivity index (χ2n) is 4.62. The molecule has 0 spiro atoms. The Morgan fingerprint density at radius 3 is 2.82 bits per heavy atom. The number of nitrogens with zero attached hydrogens (tertiary/aromatic N) is 2. The lowest BCUT2D eigenvalue weighted by Crippen LogP contribution is -2.20. The third-order valence-electron chi connectivity index (χ3n) is 2.88. The first-order valence-electron chi connectivity index (χ1n) is 6.62. The standard InChI is InChI=1S/C14H25N3/c1-5-8-15-11-13(12(3)4)10-14-7-9-16-17(14)6-2/h7,9-10,12,15H,5-6,8,11H2,1-4H3. The lowest BCUT2D eigenvalue weighted by Gasteiger charge is -2.13. The average Bonchev–Trinajstić information content (AvgIpc) is 2.75. The molecule has 1 aromatic rings. The van der Waals surface area contributed by atoms with Crippen LogP contribution in [0.4, 0.5) is 0 Å². The van der Waals surface area contributed by atoms with Crippen molar-refractivity contribution in [2.45, 2.75) is 40.7 Å². The summed E-state index contributed by atoms with van der Waals surface area (Å²) in [6.07, 6.45) is 5.31. The van der Waals surface area contributed by atoms with Gasteiger partial charge in [-0.1, -0.05) is 26.3 Å². The predicted molar refractivity (Wildman–Crippen MR) is 73.9 cm³/mol. The van der Waals surface area contributed by atoms with Gasteiger partial charge in [-0.3, -0.25) is 4.68 Å². The first kappa shape index (κ1) is 14.0. The fourth-order valence-electron chi connectivity index (χ4n) is 1.75. The highest BCUT2D eigenvalue weighted by atomic mass is 15.3. The Kier molecular flexibility index (Phi) is 5.98. The molecular formula is C14H25N3. The molecule has 0 aliphatic heterocycles. The molecule has 96 valence electrons. The summed E-state index contributed by atoms with van der Waals surface area (Å²) in [4.78, 5) is 0. The second kappa shape index (κ2) is 7.28. The van der Waals surface area contributed by atoms with Crippen molar-refractivity contribution in [1.82, 2.24) is 15.1 Å². The van der Waals surface area contributed by atoms with Gasteiger partial charge < -0.3 is 5.32 Å². The maximum Gasteiger partial charge on any atom is 0.0609 e. The molecule has 1 rings (SSSR count). The molecule has 0 amide bonds. The lowest BCUT2D eigenvalue weighted by atomic mass is 10.0. The lowest BCUT2D eigenvalue weighted by molar-refractivity contribution is 0.643. The zero-order valence-corrected chi connectivity index (χ0v) is 11.5. The number of aromatic nitrogens is 2. The molecule has 1 aromatic heterocycles. The van der Waals surface area contributed by atoms with Crippen LogP contribution in [0, 0.1) is 5.92 Å². The Labute approximate surface area is 105 Å². The number of hydrogen-bond acceptors (Lipinski definition) is 2. The summed E-state index contributed by atoms with van der Waals surface area (Å²) in [5, 5.41) is 7.76. The Bertz CT molecular complexity index is 350. The van der Waals surface area contributed by atoms with E-state index in [1.54, 1.807) is 0 Å². The summed E-state index contributed by atoms with van der Waals surface area (Å²) < 4.78 is 2.03. The molecule has 0 fully saturated rings. The Hall–Kier alpha value is -1.09. The SMILES string of the molecule is CCCNCC(=Cc1ccnn1CC)C(C)C. The van der Waals surface area contributed by atoms with Crippen molar-refractivity contribution in [2.75, 3.05) is 13.1 Å². The fraction of sp³-hybridized carbons (Fsp3) is 0.643. The van der Waals surface area contributed by atoms with Crippen LogP contribution in [0.25, 0.3) is 6.08 Å². The summed E-state index contributed by atoms with van der Waals surface area (Å²) in [5.74, 6) is 0.569. The molecule has 3 heteroatoms. The van der Waals surface area contributed by atoms with E-state index < -0.39 is 0 Å². The van der Waals surface area contributed by atoms with Crippen LogP contribution in [0.15, 0.2) is 17.8 Å². The van der Waals surface area contributed by atoms with E-state index in [2.05, 4.69) is 50.3 Å². The smallest absolute Gasteiger partial charge is 0.0609 e. The highest BCUT2D eigenvalue weighted by molar-refractivity contribution is 5.50. The number of hydrogen-bond donors (Lipinski definition) is 1. The topological polar surface area (TPSA) is 29.9 Å². The number of aryl methyl sites for hydroxylation is 1. The number of rotatable bonds is 7. The predicted octanol–water partition coefficient (Wildman–Crippen LogP) is 2.94. The minimum atomic E-state index is 0.569. The van der Waals surface area contributed by atoms with E-state index in [0.717, 1.165) is 19.6 Å². The van der Waals surface area contributed by atoms with Crippen LogP contribution in [0.1, 0.15) is 39.8 Å². The van der Waals surface area contributed by atoms with Gasteiger partial charge in [-0.25, -0.2) is 0 Å². The van der Waals surface area contributed by atoms with Crippen molar-refractivity contribution >= 4 is 6.08 Å². The Balaban J connectivity index is 2.75. The Morgan fingerprint density at radius 1 is 1.47 bits per heavy atom. The van der Waals surface area contributed by atoms with Gasteiger partial charge in [0.1, 0.15) is 0 Å². The van der Waals surface area contributed by atoms with E-state index >= 15 is 0 Å². The van der Waals surface area contributed by atoms with Gasteiger partial charge in [-0.15, -0.1) is 0 Å². The van der Waals surface area contributed by atoms with Crippen molar-refractivity contribution < 1.29 is 0 Å². The Morgan fingerprint density at radius 2 is 2.24 bits per heavy atom. The summed E-state index contributed by atoms with van der Waals surface area (Å²) in [5.41, 5.74) is 2.64. The van der Waals surface area contributed by atoms with Crippen molar-refractivity contribution in [2.24, 2.45) is 5.92 Å². The fourth-order valence-corrected chi connectivity index (χ4v) is 1.75. The molecule has 0 atom stereocenters. The molecule has 0 unspecified atom stereocenters. The molecule has 0 aliphatic carbocycles. The van der Waals surface area contributed by atoms with Gasteiger partial charge in [0.2, 0.25) is 0 Å². The maximum atomic E-state index is 4.30. The first-order chi connectivity index (χ1) is 8.19. The van der Waals surface area contributed by atoms with Gasteiger partial charge in [0, 0.05) is 19.3 Å². The number of nitrogens with one attached hydrogen (secondary N) is 1. The first-order valence-corrected chi connectivity index (χ1v) is 6.62. The molecule has 3 nitrogen and oxygen atoms in total. The third-order valence-corrected chi connectivity index (χ3v) is 2.88. The van der Waals surface area contributed by atoms with Crippen LogP contribution in [-0.4, -0.2) is 22.9 Å². The molecule has 0 saturated heterocycles. The highest BCUT2D eigenvalue weighted by Crippen LogP contribution is 2.14. The average molecular weight is 235 g/mol. The molecule has 0 aliphatic rings. The van der Waals surface area contributed by atoms with Gasteiger partial charge in [-0.2, -0.15) is 5.10 Å². The van der Waals surface area contributed by atoms with Crippen molar-refractivity contribution in [3.05, 3.63) is 23.5 Å². The third kappa shape index (κ3) is 4.35. The summed E-state index contributed by atoms with van der Waals surface area (Å²) in [6, 6.07) is 2.08. The van der Waals surface area contributed by atoms with Gasteiger partial charge in [0.15, 0.2) is 0 Å². The largest absolute Gasteiger partial charge is 0.313 e. The zero-order valence-electron chi connectivity index (χ0n) is 11.5. The molecule has 0 radical (unpaired) electrons. The van der Waals surface area contributed by atoms with E-state index in [1.165, 1.54) is 17.7 Å². The van der Waals surface area contributed by atoms with Crippen LogP contribution in [0.2, 0.25) is 0 Å². The zero-order chi connectivity index (χ0) is 12.7. The molecule has 1 N–H and O–H groups in total. The minimum Gasteiger partial charge on any atom is -0.313 e. The van der Waals surface area contributed by atoms with Crippen LogP contribution in [0.3, 0.4) is 0 Å². The van der Waals surface area contributed by atoms with Crippen molar-refractivity contribution in [1.29, 1.82) is 0 Å². The van der Waals surface area contributed by atoms with E-state index in [4.69, 9.17) is 0 Å². The summed E-state index contributed by atoms with van der Waals surface area (Å²) >= 11 is 0.